The third-order valence-corrected chi connectivity index (χ3v) is 6.73. The van der Waals surface area contributed by atoms with E-state index in [1.54, 1.807) is 12.0 Å². The zero-order chi connectivity index (χ0) is 18.5. The Bertz CT molecular complexity index is 691. The van der Waals surface area contributed by atoms with Gasteiger partial charge >= 0.3 is 6.03 Å². The van der Waals surface area contributed by atoms with Crippen LogP contribution in [0.5, 0.6) is 5.75 Å². The predicted octanol–water partition coefficient (Wildman–Crippen LogP) is 2.19. The lowest BCUT2D eigenvalue weighted by Gasteiger charge is -2.31. The molecule has 1 atom stereocenters. The van der Waals surface area contributed by atoms with Gasteiger partial charge in [0.1, 0.15) is 5.75 Å². The van der Waals surface area contributed by atoms with Gasteiger partial charge in [0.25, 0.3) is 0 Å². The highest BCUT2D eigenvalue weighted by Crippen LogP contribution is 2.36. The fourth-order valence-corrected chi connectivity index (χ4v) is 4.32. The van der Waals surface area contributed by atoms with Gasteiger partial charge in [-0.05, 0) is 24.3 Å². The summed E-state index contributed by atoms with van der Waals surface area (Å²) in [6, 6.07) is 7.78. The van der Waals surface area contributed by atoms with Crippen LogP contribution >= 0.6 is 0 Å². The highest BCUT2D eigenvalue weighted by molar-refractivity contribution is 7.91. The molecule has 1 aromatic rings. The Morgan fingerprint density at radius 3 is 2.52 bits per heavy atom. The molecule has 140 valence electrons. The van der Waals surface area contributed by atoms with E-state index in [0.29, 0.717) is 6.54 Å². The first-order valence-corrected chi connectivity index (χ1v) is 10.5. The molecule has 1 fully saturated rings. The van der Waals surface area contributed by atoms with Crippen LogP contribution in [0.15, 0.2) is 24.3 Å². The van der Waals surface area contributed by atoms with E-state index < -0.39 is 9.84 Å². The summed E-state index contributed by atoms with van der Waals surface area (Å²) in [7, 11) is -1.31. The molecule has 1 unspecified atom stereocenters. The maximum Gasteiger partial charge on any atom is 0.317 e. The van der Waals surface area contributed by atoms with Gasteiger partial charge in [-0.25, -0.2) is 13.2 Å². The molecule has 1 saturated heterocycles. The van der Waals surface area contributed by atoms with Gasteiger partial charge in [-0.1, -0.05) is 32.0 Å². The van der Waals surface area contributed by atoms with Crippen LogP contribution < -0.4 is 10.1 Å². The molecule has 1 N–H and O–H groups in total. The van der Waals surface area contributed by atoms with Gasteiger partial charge in [0.2, 0.25) is 0 Å². The maximum absolute atomic E-state index is 12.2. The lowest BCUT2D eigenvalue weighted by atomic mass is 9.77. The number of nitrogens with zero attached hydrogens (tertiary/aromatic N) is 1. The number of para-hydroxylation sites is 1. The van der Waals surface area contributed by atoms with Crippen LogP contribution in [0.2, 0.25) is 0 Å². The number of urea groups is 1. The van der Waals surface area contributed by atoms with E-state index in [2.05, 4.69) is 25.2 Å². The van der Waals surface area contributed by atoms with Gasteiger partial charge in [0, 0.05) is 25.2 Å². The molecular weight excluding hydrogens is 340 g/mol. The number of hydrogen-bond acceptors (Lipinski definition) is 4. The van der Waals surface area contributed by atoms with E-state index in [0.717, 1.165) is 24.2 Å². The molecule has 0 bridgehead atoms. The highest BCUT2D eigenvalue weighted by Gasteiger charge is 2.29. The van der Waals surface area contributed by atoms with Crippen molar-refractivity contribution in [3.63, 3.8) is 0 Å². The van der Waals surface area contributed by atoms with Crippen LogP contribution in [0.4, 0.5) is 4.79 Å². The van der Waals surface area contributed by atoms with Gasteiger partial charge < -0.3 is 15.0 Å². The summed E-state index contributed by atoms with van der Waals surface area (Å²) in [5, 5.41) is 2.93. The predicted molar refractivity (Wildman–Crippen MR) is 98.9 cm³/mol. The van der Waals surface area contributed by atoms with Crippen LogP contribution in [0.3, 0.4) is 0 Å². The van der Waals surface area contributed by atoms with E-state index in [-0.39, 0.29) is 36.0 Å². The molecule has 2 rings (SSSR count). The summed E-state index contributed by atoms with van der Waals surface area (Å²) >= 11 is 0. The summed E-state index contributed by atoms with van der Waals surface area (Å²) in [6.07, 6.45) is 1.70. The van der Waals surface area contributed by atoms with Crippen LogP contribution in [-0.2, 0) is 15.3 Å². The minimum Gasteiger partial charge on any atom is -0.496 e. The summed E-state index contributed by atoms with van der Waals surface area (Å²) in [5.74, 6) is 0.960. The Hall–Kier alpha value is -1.76. The second-order valence-electron chi connectivity index (χ2n) is 6.74. The molecule has 0 radical (unpaired) electrons. The first-order chi connectivity index (χ1) is 11.8. The molecule has 6 nitrogen and oxygen atoms in total. The second-order valence-corrected chi connectivity index (χ2v) is 9.04. The van der Waals surface area contributed by atoms with Crippen LogP contribution in [0, 0.1) is 0 Å². The second kappa shape index (κ2) is 8.08. The number of amides is 2. The van der Waals surface area contributed by atoms with Crippen molar-refractivity contribution in [2.24, 2.45) is 0 Å². The first-order valence-electron chi connectivity index (χ1n) is 8.68. The standard InChI is InChI=1S/C18H28N2O4S/c1-4-18(2,15-7-5-6-8-16(15)24-3)9-10-19-17(21)20-11-13-25(22,23)14-12-20/h5-8H,4,9-14H2,1-3H3,(H,19,21). The molecule has 25 heavy (non-hydrogen) atoms. The van der Waals surface area contributed by atoms with Crippen LogP contribution in [0.1, 0.15) is 32.3 Å². The molecule has 1 aromatic carbocycles. The number of rotatable bonds is 6. The quantitative estimate of drug-likeness (QED) is 0.835. The van der Waals surface area contributed by atoms with Crippen molar-refractivity contribution in [3.05, 3.63) is 29.8 Å². The number of benzene rings is 1. The average Bonchev–Trinajstić information content (AvgIpc) is 2.61. The van der Waals surface area contributed by atoms with Gasteiger partial charge in [-0.3, -0.25) is 0 Å². The minimum atomic E-state index is -2.98. The highest BCUT2D eigenvalue weighted by atomic mass is 32.2. The normalized spacial score (nSPS) is 19.1. The Kier molecular flexibility index (Phi) is 6.32. The number of methoxy groups -OCH3 is 1. The summed E-state index contributed by atoms with van der Waals surface area (Å²) in [5.41, 5.74) is 1.03. The zero-order valence-corrected chi connectivity index (χ0v) is 16.1. The average molecular weight is 368 g/mol. The number of carbonyl (C=O) groups is 1. The molecule has 7 heteroatoms. The number of sulfone groups is 1. The van der Waals surface area contributed by atoms with Crippen LogP contribution in [-0.4, -0.2) is 57.6 Å². The Labute approximate surface area is 150 Å². The van der Waals surface area contributed by atoms with Gasteiger partial charge in [-0.15, -0.1) is 0 Å². The Morgan fingerprint density at radius 2 is 1.92 bits per heavy atom. The van der Waals surface area contributed by atoms with E-state index in [9.17, 15) is 13.2 Å². The van der Waals surface area contributed by atoms with Crippen molar-refractivity contribution in [1.29, 1.82) is 0 Å². The van der Waals surface area contributed by atoms with E-state index in [1.807, 2.05) is 18.2 Å². The van der Waals surface area contributed by atoms with Crippen molar-refractivity contribution in [3.8, 4) is 5.75 Å². The monoisotopic (exact) mass is 368 g/mol. The lowest BCUT2D eigenvalue weighted by Crippen LogP contribution is -2.48. The summed E-state index contributed by atoms with van der Waals surface area (Å²) in [6.45, 7) is 5.37. The van der Waals surface area contributed by atoms with Crippen LogP contribution in [0.25, 0.3) is 0 Å². The molecular formula is C18H28N2O4S. The van der Waals surface area contributed by atoms with E-state index in [1.165, 1.54) is 0 Å². The molecule has 2 amide bonds. The summed E-state index contributed by atoms with van der Waals surface area (Å²) < 4.78 is 28.4. The molecule has 1 aliphatic heterocycles. The Morgan fingerprint density at radius 1 is 1.28 bits per heavy atom. The van der Waals surface area contributed by atoms with E-state index >= 15 is 0 Å². The van der Waals surface area contributed by atoms with Gasteiger partial charge in [-0.2, -0.15) is 0 Å². The SMILES string of the molecule is CCC(C)(CCNC(=O)N1CCS(=O)(=O)CC1)c1ccccc1OC. The fraction of sp³-hybridized carbons (Fsp3) is 0.611. The van der Waals surface area contributed by atoms with Gasteiger partial charge in [0.05, 0.1) is 18.6 Å². The summed E-state index contributed by atoms with van der Waals surface area (Å²) in [4.78, 5) is 13.8. The van der Waals surface area contributed by atoms with Gasteiger partial charge in [0.15, 0.2) is 9.84 Å². The topological polar surface area (TPSA) is 75.7 Å². The van der Waals surface area contributed by atoms with Crippen molar-refractivity contribution in [2.45, 2.75) is 32.1 Å². The molecule has 0 aromatic heterocycles. The number of carbonyl (C=O) groups excluding carboxylic acids is 1. The van der Waals surface area contributed by atoms with Crippen molar-refractivity contribution >= 4 is 15.9 Å². The van der Waals surface area contributed by atoms with E-state index in [4.69, 9.17) is 4.74 Å². The minimum absolute atomic E-state index is 0.0499. The lowest BCUT2D eigenvalue weighted by molar-refractivity contribution is 0.201. The molecule has 0 saturated carbocycles. The third-order valence-electron chi connectivity index (χ3n) is 5.12. The third kappa shape index (κ3) is 4.87. The van der Waals surface area contributed by atoms with Crippen molar-refractivity contribution in [2.75, 3.05) is 38.2 Å². The first kappa shape index (κ1) is 19.6. The largest absolute Gasteiger partial charge is 0.496 e. The number of hydrogen-bond donors (Lipinski definition) is 1. The van der Waals surface area contributed by atoms with Crippen molar-refractivity contribution in [1.82, 2.24) is 10.2 Å². The Balaban J connectivity index is 1.93. The molecule has 1 heterocycles. The smallest absolute Gasteiger partial charge is 0.317 e. The molecule has 0 spiro atoms. The number of ether oxygens (including phenoxy) is 1. The zero-order valence-electron chi connectivity index (χ0n) is 15.2. The fourth-order valence-electron chi connectivity index (χ4n) is 3.12. The van der Waals surface area contributed by atoms with Crippen molar-refractivity contribution < 1.29 is 17.9 Å². The molecule has 1 aliphatic rings. The molecule has 0 aliphatic carbocycles. The number of nitrogens with one attached hydrogen (secondary N) is 1. The maximum atomic E-state index is 12.2.